The van der Waals surface area contributed by atoms with Gasteiger partial charge in [-0.05, 0) is 42.2 Å². The summed E-state index contributed by atoms with van der Waals surface area (Å²) in [6.45, 7) is 6.90. The Hall–Kier alpha value is -1.31. The van der Waals surface area contributed by atoms with Crippen molar-refractivity contribution < 1.29 is 9.53 Å². The Morgan fingerprint density at radius 2 is 2.11 bits per heavy atom. The third kappa shape index (κ3) is 2.58. The maximum absolute atomic E-state index is 11.7. The standard InChI is InChI=1S/C16H22O2/c1-4-18-15(17)11-12-9-10-16(2,3)14-8-6-5-7-13(12)14/h5-8,12H,4,9-11H2,1-3H3. The molecule has 0 amide bonds. The number of ether oxygens (including phenoxy) is 1. The minimum absolute atomic E-state index is 0.0722. The van der Waals surface area contributed by atoms with E-state index in [-0.39, 0.29) is 11.4 Å². The molecule has 0 radical (unpaired) electrons. The molecule has 0 heterocycles. The highest BCUT2D eigenvalue weighted by Gasteiger charge is 2.33. The molecule has 1 unspecified atom stereocenters. The lowest BCUT2D eigenvalue weighted by atomic mass is 9.68. The van der Waals surface area contributed by atoms with E-state index in [9.17, 15) is 4.79 Å². The van der Waals surface area contributed by atoms with Crippen LogP contribution in [0.2, 0.25) is 0 Å². The predicted octanol–water partition coefficient (Wildman–Crippen LogP) is 3.79. The number of hydrogen-bond acceptors (Lipinski definition) is 2. The third-order valence-corrected chi connectivity index (χ3v) is 3.97. The van der Waals surface area contributed by atoms with Crippen molar-refractivity contribution >= 4 is 5.97 Å². The van der Waals surface area contributed by atoms with Gasteiger partial charge in [0.25, 0.3) is 0 Å². The van der Waals surface area contributed by atoms with Gasteiger partial charge < -0.3 is 4.74 Å². The Morgan fingerprint density at radius 1 is 1.39 bits per heavy atom. The van der Waals surface area contributed by atoms with Crippen molar-refractivity contribution in [2.75, 3.05) is 6.61 Å². The first kappa shape index (κ1) is 13.1. The fourth-order valence-corrected chi connectivity index (χ4v) is 2.93. The maximum Gasteiger partial charge on any atom is 0.306 e. The van der Waals surface area contributed by atoms with Gasteiger partial charge in [-0.25, -0.2) is 0 Å². The fraction of sp³-hybridized carbons (Fsp3) is 0.562. The Kier molecular flexibility index (Phi) is 3.74. The van der Waals surface area contributed by atoms with Gasteiger partial charge in [0.2, 0.25) is 0 Å². The first-order chi connectivity index (χ1) is 8.54. The van der Waals surface area contributed by atoms with Crippen molar-refractivity contribution in [1.82, 2.24) is 0 Å². The average molecular weight is 246 g/mol. The van der Waals surface area contributed by atoms with Crippen LogP contribution in [-0.4, -0.2) is 12.6 Å². The molecule has 0 aromatic heterocycles. The lowest BCUT2D eigenvalue weighted by molar-refractivity contribution is -0.143. The SMILES string of the molecule is CCOC(=O)CC1CCC(C)(C)c2ccccc21. The fourth-order valence-electron chi connectivity index (χ4n) is 2.93. The maximum atomic E-state index is 11.7. The molecule has 1 aliphatic rings. The molecule has 0 spiro atoms. The van der Waals surface area contributed by atoms with E-state index in [1.54, 1.807) is 0 Å². The highest BCUT2D eigenvalue weighted by Crippen LogP contribution is 2.43. The van der Waals surface area contributed by atoms with Crippen LogP contribution in [0.25, 0.3) is 0 Å². The van der Waals surface area contributed by atoms with E-state index in [1.165, 1.54) is 11.1 Å². The molecule has 0 bridgehead atoms. The monoisotopic (exact) mass is 246 g/mol. The van der Waals surface area contributed by atoms with Gasteiger partial charge in [-0.1, -0.05) is 38.1 Å². The van der Waals surface area contributed by atoms with Crippen LogP contribution in [0.1, 0.15) is 57.1 Å². The number of fused-ring (bicyclic) bond motifs is 1. The largest absolute Gasteiger partial charge is 0.466 e. The molecule has 1 aromatic rings. The molecule has 0 aliphatic heterocycles. The molecule has 0 N–H and O–H groups in total. The third-order valence-electron chi connectivity index (χ3n) is 3.97. The molecule has 18 heavy (non-hydrogen) atoms. The Labute approximate surface area is 109 Å². The second-order valence-corrected chi connectivity index (χ2v) is 5.72. The Bertz CT molecular complexity index is 434. The number of rotatable bonds is 3. The summed E-state index contributed by atoms with van der Waals surface area (Å²) in [5, 5.41) is 0. The van der Waals surface area contributed by atoms with Crippen molar-refractivity contribution in [3.63, 3.8) is 0 Å². The molecule has 0 saturated heterocycles. The normalized spacial score (nSPS) is 21.2. The van der Waals surface area contributed by atoms with Gasteiger partial charge in [-0.3, -0.25) is 4.79 Å². The first-order valence-electron chi connectivity index (χ1n) is 6.79. The summed E-state index contributed by atoms with van der Waals surface area (Å²) in [5.41, 5.74) is 2.95. The van der Waals surface area contributed by atoms with Gasteiger partial charge in [0.15, 0.2) is 0 Å². The minimum atomic E-state index is -0.0722. The number of carbonyl (C=O) groups is 1. The zero-order valence-electron chi connectivity index (χ0n) is 11.5. The summed E-state index contributed by atoms with van der Waals surface area (Å²) in [7, 11) is 0. The van der Waals surface area contributed by atoms with Crippen LogP contribution in [0.3, 0.4) is 0 Å². The minimum Gasteiger partial charge on any atom is -0.466 e. The predicted molar refractivity (Wildman–Crippen MR) is 72.7 cm³/mol. The van der Waals surface area contributed by atoms with Gasteiger partial charge >= 0.3 is 5.97 Å². The van der Waals surface area contributed by atoms with E-state index in [0.717, 1.165) is 12.8 Å². The molecular weight excluding hydrogens is 224 g/mol. The zero-order chi connectivity index (χ0) is 13.2. The van der Waals surface area contributed by atoms with Crippen molar-refractivity contribution in [2.24, 2.45) is 0 Å². The molecule has 2 rings (SSSR count). The highest BCUT2D eigenvalue weighted by atomic mass is 16.5. The molecule has 98 valence electrons. The quantitative estimate of drug-likeness (QED) is 0.758. The molecule has 2 heteroatoms. The van der Waals surface area contributed by atoms with E-state index >= 15 is 0 Å². The number of carbonyl (C=O) groups excluding carboxylic acids is 1. The van der Waals surface area contributed by atoms with Gasteiger partial charge in [-0.15, -0.1) is 0 Å². The molecule has 0 saturated carbocycles. The number of hydrogen-bond donors (Lipinski definition) is 0. The van der Waals surface area contributed by atoms with Crippen LogP contribution in [0.4, 0.5) is 0 Å². The van der Waals surface area contributed by atoms with E-state index in [0.29, 0.717) is 18.9 Å². The van der Waals surface area contributed by atoms with Crippen molar-refractivity contribution in [3.05, 3.63) is 35.4 Å². The van der Waals surface area contributed by atoms with Crippen LogP contribution < -0.4 is 0 Å². The van der Waals surface area contributed by atoms with Crippen LogP contribution >= 0.6 is 0 Å². The second kappa shape index (κ2) is 5.13. The molecule has 1 aliphatic carbocycles. The van der Waals surface area contributed by atoms with Gasteiger partial charge in [0, 0.05) is 0 Å². The summed E-state index contributed by atoms with van der Waals surface area (Å²) in [4.78, 5) is 11.7. The van der Waals surface area contributed by atoms with E-state index in [4.69, 9.17) is 4.74 Å². The lowest BCUT2D eigenvalue weighted by Crippen LogP contribution is -2.27. The summed E-state index contributed by atoms with van der Waals surface area (Å²) >= 11 is 0. The van der Waals surface area contributed by atoms with Crippen LogP contribution in [-0.2, 0) is 14.9 Å². The van der Waals surface area contributed by atoms with Gasteiger partial charge in [0.1, 0.15) is 0 Å². The molecular formula is C16H22O2. The van der Waals surface area contributed by atoms with Crippen LogP contribution in [0.5, 0.6) is 0 Å². The summed E-state index contributed by atoms with van der Waals surface area (Å²) in [5.74, 6) is 0.255. The molecule has 0 fully saturated rings. The summed E-state index contributed by atoms with van der Waals surface area (Å²) < 4.78 is 5.07. The molecule has 2 nitrogen and oxygen atoms in total. The van der Waals surface area contributed by atoms with Crippen molar-refractivity contribution in [3.8, 4) is 0 Å². The Morgan fingerprint density at radius 3 is 2.83 bits per heavy atom. The van der Waals surface area contributed by atoms with Crippen LogP contribution in [0, 0.1) is 0 Å². The average Bonchev–Trinajstić information content (AvgIpc) is 2.34. The molecule has 1 aromatic carbocycles. The van der Waals surface area contributed by atoms with Gasteiger partial charge in [0.05, 0.1) is 13.0 Å². The zero-order valence-corrected chi connectivity index (χ0v) is 11.5. The topological polar surface area (TPSA) is 26.3 Å². The van der Waals surface area contributed by atoms with Gasteiger partial charge in [-0.2, -0.15) is 0 Å². The van der Waals surface area contributed by atoms with E-state index in [2.05, 4.69) is 38.1 Å². The van der Waals surface area contributed by atoms with Crippen molar-refractivity contribution in [1.29, 1.82) is 0 Å². The highest BCUT2D eigenvalue weighted by molar-refractivity contribution is 5.70. The molecule has 1 atom stereocenters. The Balaban J connectivity index is 2.23. The number of benzene rings is 1. The summed E-state index contributed by atoms with van der Waals surface area (Å²) in [6.07, 6.45) is 2.72. The van der Waals surface area contributed by atoms with E-state index < -0.39 is 0 Å². The smallest absolute Gasteiger partial charge is 0.306 e. The first-order valence-corrected chi connectivity index (χ1v) is 6.79. The summed E-state index contributed by atoms with van der Waals surface area (Å²) in [6, 6.07) is 8.53. The van der Waals surface area contributed by atoms with Crippen LogP contribution in [0.15, 0.2) is 24.3 Å². The lowest BCUT2D eigenvalue weighted by Gasteiger charge is -2.36. The second-order valence-electron chi connectivity index (χ2n) is 5.72. The number of esters is 1. The van der Waals surface area contributed by atoms with E-state index in [1.807, 2.05) is 6.92 Å². The van der Waals surface area contributed by atoms with Crippen molar-refractivity contribution in [2.45, 2.75) is 51.4 Å².